The molecule has 0 heterocycles. The van der Waals surface area contributed by atoms with E-state index in [0.717, 1.165) is 0 Å². The average Bonchev–Trinajstić information content (AvgIpc) is 2.44. The van der Waals surface area contributed by atoms with Crippen molar-refractivity contribution in [2.45, 2.75) is 52.7 Å². The minimum absolute atomic E-state index is 0.00868. The molecule has 2 amide bonds. The molecule has 0 saturated heterocycles. The van der Waals surface area contributed by atoms with Crippen LogP contribution in [0.15, 0.2) is 23.2 Å². The van der Waals surface area contributed by atoms with Crippen molar-refractivity contribution in [1.82, 2.24) is 10.6 Å². The molecule has 0 bridgehead atoms. The van der Waals surface area contributed by atoms with E-state index in [2.05, 4.69) is 15.6 Å². The molecule has 154 valence electrons. The first-order chi connectivity index (χ1) is 12.7. The van der Waals surface area contributed by atoms with Crippen LogP contribution in [0.1, 0.15) is 51.9 Å². The Balaban J connectivity index is 3.15. The van der Waals surface area contributed by atoms with E-state index >= 15 is 0 Å². The van der Waals surface area contributed by atoms with Gasteiger partial charge >= 0.3 is 18.2 Å². The lowest BCUT2D eigenvalue weighted by Gasteiger charge is -2.22. The number of nitrogens with one attached hydrogen (secondary N) is 2. The molecule has 0 radical (unpaired) electrons. The Kier molecular flexibility index (Phi) is 7.40. The third-order valence-corrected chi connectivity index (χ3v) is 2.97. The molecule has 28 heavy (non-hydrogen) atoms. The maximum absolute atomic E-state index is 12.0. The van der Waals surface area contributed by atoms with E-state index in [1.807, 2.05) is 0 Å². The Morgan fingerprint density at radius 1 is 0.964 bits per heavy atom. The van der Waals surface area contributed by atoms with Crippen molar-refractivity contribution in [3.8, 4) is 0 Å². The predicted octanol–water partition coefficient (Wildman–Crippen LogP) is 4.08. The van der Waals surface area contributed by atoms with Crippen LogP contribution in [-0.4, -0.2) is 40.4 Å². The second-order valence-electron chi connectivity index (χ2n) is 7.69. The number of benzene rings is 1. The molecule has 0 fully saturated rings. The number of alkyl carbamates (subject to hydrolysis) is 2. The number of aliphatic imine (C=N–C) groups is 1. The van der Waals surface area contributed by atoms with Gasteiger partial charge in [-0.25, -0.2) is 19.4 Å². The number of ether oxygens (including phenoxy) is 2. The normalized spacial score (nSPS) is 11.2. The van der Waals surface area contributed by atoms with E-state index in [-0.39, 0.29) is 22.2 Å². The van der Waals surface area contributed by atoms with Crippen LogP contribution in [0.2, 0.25) is 5.02 Å². The van der Waals surface area contributed by atoms with E-state index in [9.17, 15) is 14.4 Å². The molecule has 1 aromatic carbocycles. The van der Waals surface area contributed by atoms with Gasteiger partial charge < -0.3 is 14.6 Å². The van der Waals surface area contributed by atoms with Gasteiger partial charge in [-0.1, -0.05) is 11.6 Å². The van der Waals surface area contributed by atoms with Gasteiger partial charge in [0.05, 0.1) is 16.3 Å². The van der Waals surface area contributed by atoms with Crippen molar-refractivity contribution in [1.29, 1.82) is 0 Å². The standard InChI is InChI=1S/C18H24ClN3O6/c1-17(2,3)27-15(25)21-14(22-16(26)28-18(4,5)6)20-12-8-7-10(13(23)24)9-11(12)19/h7-9H,1-6H3,(H,23,24)(H2,20,21,22,25,26). The molecule has 0 aromatic heterocycles. The van der Waals surface area contributed by atoms with E-state index in [1.165, 1.54) is 18.2 Å². The summed E-state index contributed by atoms with van der Waals surface area (Å²) in [6, 6.07) is 3.81. The molecule has 1 rings (SSSR count). The zero-order chi connectivity index (χ0) is 21.7. The van der Waals surface area contributed by atoms with Crippen molar-refractivity contribution in [3.63, 3.8) is 0 Å². The van der Waals surface area contributed by atoms with E-state index in [1.54, 1.807) is 41.5 Å². The van der Waals surface area contributed by atoms with Gasteiger partial charge in [0, 0.05) is 0 Å². The Bertz CT molecular complexity index is 761. The van der Waals surface area contributed by atoms with Gasteiger partial charge in [0.25, 0.3) is 0 Å². The topological polar surface area (TPSA) is 126 Å². The van der Waals surface area contributed by atoms with Gasteiger partial charge in [-0.2, -0.15) is 0 Å². The minimum Gasteiger partial charge on any atom is -0.478 e. The summed E-state index contributed by atoms with van der Waals surface area (Å²) in [5.41, 5.74) is -1.47. The van der Waals surface area contributed by atoms with E-state index in [4.69, 9.17) is 26.2 Å². The molecule has 9 nitrogen and oxygen atoms in total. The number of hydrogen-bond acceptors (Lipinski definition) is 6. The fourth-order valence-electron chi connectivity index (χ4n) is 1.74. The summed E-state index contributed by atoms with van der Waals surface area (Å²) in [6.07, 6.45) is -1.72. The summed E-state index contributed by atoms with van der Waals surface area (Å²) in [4.78, 5) is 39.1. The smallest absolute Gasteiger partial charge is 0.414 e. The van der Waals surface area contributed by atoms with E-state index < -0.39 is 29.4 Å². The summed E-state index contributed by atoms with van der Waals surface area (Å²) in [6.45, 7) is 10.0. The Hall–Kier alpha value is -2.81. The molecule has 0 spiro atoms. The Labute approximate surface area is 168 Å². The first kappa shape index (κ1) is 23.2. The first-order valence-electron chi connectivity index (χ1n) is 8.28. The van der Waals surface area contributed by atoms with Gasteiger partial charge in [-0.3, -0.25) is 10.6 Å². The average molecular weight is 414 g/mol. The third-order valence-electron chi connectivity index (χ3n) is 2.67. The van der Waals surface area contributed by atoms with Gasteiger partial charge in [-0.05, 0) is 59.7 Å². The fourth-order valence-corrected chi connectivity index (χ4v) is 1.96. The molecule has 0 aliphatic rings. The molecule has 1 aromatic rings. The molecule has 10 heteroatoms. The van der Waals surface area contributed by atoms with Crippen molar-refractivity contribution in [2.75, 3.05) is 0 Å². The number of guanidine groups is 1. The van der Waals surface area contributed by atoms with Crippen molar-refractivity contribution in [2.24, 2.45) is 4.99 Å². The van der Waals surface area contributed by atoms with Crippen LogP contribution in [0.4, 0.5) is 15.3 Å². The van der Waals surface area contributed by atoms with Crippen LogP contribution in [0.25, 0.3) is 0 Å². The van der Waals surface area contributed by atoms with Crippen LogP contribution >= 0.6 is 11.6 Å². The number of rotatable bonds is 2. The van der Waals surface area contributed by atoms with Crippen LogP contribution in [-0.2, 0) is 9.47 Å². The fraction of sp³-hybridized carbons (Fsp3) is 0.444. The summed E-state index contributed by atoms with van der Waals surface area (Å²) in [5.74, 6) is -1.45. The van der Waals surface area contributed by atoms with Gasteiger partial charge in [0.15, 0.2) is 0 Å². The minimum atomic E-state index is -1.16. The molecule has 0 unspecified atom stereocenters. The lowest BCUT2D eigenvalue weighted by Crippen LogP contribution is -2.47. The summed E-state index contributed by atoms with van der Waals surface area (Å²) in [7, 11) is 0. The van der Waals surface area contributed by atoms with Crippen LogP contribution in [0, 0.1) is 0 Å². The van der Waals surface area contributed by atoms with Gasteiger partial charge in [-0.15, -0.1) is 0 Å². The van der Waals surface area contributed by atoms with E-state index in [0.29, 0.717) is 0 Å². The number of carboxylic acids is 1. The molecular weight excluding hydrogens is 390 g/mol. The number of nitrogens with zero attached hydrogens (tertiary/aromatic N) is 1. The number of amides is 2. The van der Waals surface area contributed by atoms with Crippen molar-refractivity contribution < 1.29 is 29.0 Å². The zero-order valence-corrected chi connectivity index (χ0v) is 17.3. The number of carbonyl (C=O) groups excluding carboxylic acids is 2. The number of hydrogen-bond donors (Lipinski definition) is 3. The highest BCUT2D eigenvalue weighted by Crippen LogP contribution is 2.26. The summed E-state index contributed by atoms with van der Waals surface area (Å²) < 4.78 is 10.3. The van der Waals surface area contributed by atoms with Crippen molar-refractivity contribution >= 4 is 41.4 Å². The summed E-state index contributed by atoms with van der Waals surface area (Å²) >= 11 is 6.05. The highest BCUT2D eigenvalue weighted by Gasteiger charge is 2.21. The summed E-state index contributed by atoms with van der Waals surface area (Å²) in [5, 5.41) is 13.6. The molecule has 0 atom stereocenters. The quantitative estimate of drug-likeness (QED) is 0.495. The lowest BCUT2D eigenvalue weighted by molar-refractivity contribution is 0.0544. The maximum atomic E-state index is 12.0. The molecule has 3 N–H and O–H groups in total. The van der Waals surface area contributed by atoms with Crippen LogP contribution < -0.4 is 10.6 Å². The highest BCUT2D eigenvalue weighted by atomic mass is 35.5. The monoisotopic (exact) mass is 413 g/mol. The highest BCUT2D eigenvalue weighted by molar-refractivity contribution is 6.33. The molecule has 0 aliphatic carbocycles. The number of aromatic carboxylic acids is 1. The molecular formula is C18H24ClN3O6. The third kappa shape index (κ3) is 8.72. The zero-order valence-electron chi connectivity index (χ0n) is 16.5. The largest absolute Gasteiger partial charge is 0.478 e. The SMILES string of the molecule is CC(C)(C)OC(=O)NC(=Nc1ccc(C(=O)O)cc1Cl)NC(=O)OC(C)(C)C. The Morgan fingerprint density at radius 3 is 1.79 bits per heavy atom. The van der Waals surface area contributed by atoms with Crippen LogP contribution in [0.3, 0.4) is 0 Å². The van der Waals surface area contributed by atoms with Crippen molar-refractivity contribution in [3.05, 3.63) is 28.8 Å². The second-order valence-corrected chi connectivity index (χ2v) is 8.09. The maximum Gasteiger partial charge on any atom is 0.414 e. The molecule has 0 saturated carbocycles. The van der Waals surface area contributed by atoms with Crippen LogP contribution in [0.5, 0.6) is 0 Å². The second kappa shape index (κ2) is 8.92. The number of halogens is 1. The predicted molar refractivity (Wildman–Crippen MR) is 104 cm³/mol. The Morgan fingerprint density at radius 2 is 1.43 bits per heavy atom. The van der Waals surface area contributed by atoms with Gasteiger partial charge in [0.1, 0.15) is 11.2 Å². The number of carboxylic acid groups (broad SMARTS) is 1. The first-order valence-corrected chi connectivity index (χ1v) is 8.65. The molecule has 0 aliphatic heterocycles. The lowest BCUT2D eigenvalue weighted by atomic mass is 10.2. The van der Waals surface area contributed by atoms with Gasteiger partial charge in [0.2, 0.25) is 5.96 Å². The number of carbonyl (C=O) groups is 3.